The van der Waals surface area contributed by atoms with Gasteiger partial charge in [0.1, 0.15) is 18.0 Å². The first-order chi connectivity index (χ1) is 10.3. The predicted molar refractivity (Wildman–Crippen MR) is 83.3 cm³/mol. The van der Waals surface area contributed by atoms with Crippen LogP contribution in [0, 0.1) is 0 Å². The van der Waals surface area contributed by atoms with E-state index in [-0.39, 0.29) is 0 Å². The van der Waals surface area contributed by atoms with E-state index in [2.05, 4.69) is 36.1 Å². The minimum absolute atomic E-state index is 0.857. The molecule has 0 bridgehead atoms. The maximum absolute atomic E-state index is 4.39. The van der Waals surface area contributed by atoms with Crippen LogP contribution >= 0.6 is 0 Å². The summed E-state index contributed by atoms with van der Waals surface area (Å²) in [4.78, 5) is 17.6. The van der Waals surface area contributed by atoms with E-state index in [0.717, 1.165) is 50.1 Å². The molecular formula is C15H20N6. The van der Waals surface area contributed by atoms with Crippen LogP contribution in [0.4, 0.5) is 11.6 Å². The predicted octanol–water partition coefficient (Wildman–Crippen LogP) is 1.24. The highest BCUT2D eigenvalue weighted by molar-refractivity contribution is 5.48. The van der Waals surface area contributed by atoms with E-state index in [4.69, 9.17) is 0 Å². The van der Waals surface area contributed by atoms with Gasteiger partial charge in [0.15, 0.2) is 0 Å². The summed E-state index contributed by atoms with van der Waals surface area (Å²) in [6, 6.07) is 8.07. The number of aromatic nitrogens is 3. The third-order valence-corrected chi connectivity index (χ3v) is 3.72. The van der Waals surface area contributed by atoms with Crippen LogP contribution in [-0.2, 0) is 6.54 Å². The second-order valence-corrected chi connectivity index (χ2v) is 5.10. The molecule has 1 aliphatic rings. The molecule has 0 unspecified atom stereocenters. The van der Waals surface area contributed by atoms with Gasteiger partial charge < -0.3 is 10.2 Å². The van der Waals surface area contributed by atoms with Crippen LogP contribution in [0.5, 0.6) is 0 Å². The average Bonchev–Trinajstić information content (AvgIpc) is 2.56. The third kappa shape index (κ3) is 3.46. The summed E-state index contributed by atoms with van der Waals surface area (Å²) in [6.45, 7) is 4.92. The monoisotopic (exact) mass is 284 g/mol. The zero-order valence-electron chi connectivity index (χ0n) is 12.2. The standard InChI is InChI=1S/C15H20N6/c1-16-14-10-15(19-12-18-14)21-8-6-20(7-9-21)11-13-4-2-3-5-17-13/h2-5,10,12H,6-9,11H2,1H3,(H,16,18,19). The van der Waals surface area contributed by atoms with Crippen molar-refractivity contribution in [3.05, 3.63) is 42.5 Å². The van der Waals surface area contributed by atoms with Crippen LogP contribution in [0.15, 0.2) is 36.8 Å². The number of hydrogen-bond donors (Lipinski definition) is 1. The molecule has 6 nitrogen and oxygen atoms in total. The van der Waals surface area contributed by atoms with Crippen LogP contribution < -0.4 is 10.2 Å². The molecule has 2 aromatic rings. The molecule has 0 aliphatic carbocycles. The van der Waals surface area contributed by atoms with E-state index >= 15 is 0 Å². The molecule has 0 atom stereocenters. The fraction of sp³-hybridized carbons (Fsp3) is 0.400. The Balaban J connectivity index is 1.57. The van der Waals surface area contributed by atoms with Gasteiger partial charge >= 0.3 is 0 Å². The molecule has 2 aromatic heterocycles. The average molecular weight is 284 g/mol. The van der Waals surface area contributed by atoms with Crippen molar-refractivity contribution in [2.45, 2.75) is 6.54 Å². The lowest BCUT2D eigenvalue weighted by Gasteiger charge is -2.35. The van der Waals surface area contributed by atoms with Crippen LogP contribution in [0.1, 0.15) is 5.69 Å². The Kier molecular flexibility index (Phi) is 4.25. The molecule has 3 heterocycles. The number of anilines is 2. The molecule has 1 fully saturated rings. The Labute approximate surface area is 124 Å². The lowest BCUT2D eigenvalue weighted by molar-refractivity contribution is 0.246. The van der Waals surface area contributed by atoms with Gasteiger partial charge in [-0.2, -0.15) is 0 Å². The summed E-state index contributed by atoms with van der Waals surface area (Å²) in [6.07, 6.45) is 3.47. The van der Waals surface area contributed by atoms with Gasteiger partial charge in [0.2, 0.25) is 0 Å². The molecule has 1 saturated heterocycles. The Morgan fingerprint density at radius 2 is 1.95 bits per heavy atom. The van der Waals surface area contributed by atoms with Crippen molar-refractivity contribution < 1.29 is 0 Å². The minimum Gasteiger partial charge on any atom is -0.373 e. The van der Waals surface area contributed by atoms with Gasteiger partial charge in [0, 0.05) is 52.0 Å². The van der Waals surface area contributed by atoms with Gasteiger partial charge in [-0.05, 0) is 12.1 Å². The van der Waals surface area contributed by atoms with E-state index in [1.165, 1.54) is 0 Å². The van der Waals surface area contributed by atoms with Crippen molar-refractivity contribution in [1.29, 1.82) is 0 Å². The van der Waals surface area contributed by atoms with Gasteiger partial charge in [-0.1, -0.05) is 6.07 Å². The number of nitrogens with one attached hydrogen (secondary N) is 1. The normalized spacial score (nSPS) is 16.0. The molecule has 1 N–H and O–H groups in total. The van der Waals surface area contributed by atoms with Crippen molar-refractivity contribution in [3.63, 3.8) is 0 Å². The molecule has 0 aromatic carbocycles. The molecule has 110 valence electrons. The van der Waals surface area contributed by atoms with Gasteiger partial charge in [-0.25, -0.2) is 9.97 Å². The number of hydrogen-bond acceptors (Lipinski definition) is 6. The van der Waals surface area contributed by atoms with E-state index in [9.17, 15) is 0 Å². The van der Waals surface area contributed by atoms with Crippen molar-refractivity contribution in [2.75, 3.05) is 43.4 Å². The quantitative estimate of drug-likeness (QED) is 0.911. The Hall–Kier alpha value is -2.21. The van der Waals surface area contributed by atoms with Crippen LogP contribution in [-0.4, -0.2) is 53.1 Å². The first-order valence-electron chi connectivity index (χ1n) is 7.22. The van der Waals surface area contributed by atoms with Gasteiger partial charge in [-0.15, -0.1) is 0 Å². The fourth-order valence-electron chi connectivity index (χ4n) is 2.51. The van der Waals surface area contributed by atoms with Gasteiger partial charge in [-0.3, -0.25) is 9.88 Å². The molecule has 6 heteroatoms. The summed E-state index contributed by atoms with van der Waals surface area (Å²) >= 11 is 0. The topological polar surface area (TPSA) is 57.2 Å². The number of rotatable bonds is 4. The molecular weight excluding hydrogens is 264 g/mol. The summed E-state index contributed by atoms with van der Waals surface area (Å²) in [5.74, 6) is 1.85. The van der Waals surface area contributed by atoms with Crippen LogP contribution in [0.2, 0.25) is 0 Å². The highest BCUT2D eigenvalue weighted by Gasteiger charge is 2.18. The maximum atomic E-state index is 4.39. The summed E-state index contributed by atoms with van der Waals surface area (Å²) < 4.78 is 0. The van der Waals surface area contributed by atoms with Crippen molar-refractivity contribution in [3.8, 4) is 0 Å². The first kappa shape index (κ1) is 13.8. The Morgan fingerprint density at radius 1 is 1.10 bits per heavy atom. The third-order valence-electron chi connectivity index (χ3n) is 3.72. The molecule has 3 rings (SSSR count). The lowest BCUT2D eigenvalue weighted by atomic mass is 10.2. The second-order valence-electron chi connectivity index (χ2n) is 5.10. The smallest absolute Gasteiger partial charge is 0.134 e. The summed E-state index contributed by atoms with van der Waals surface area (Å²) in [5, 5.41) is 3.05. The maximum Gasteiger partial charge on any atom is 0.134 e. The van der Waals surface area contributed by atoms with Crippen molar-refractivity contribution >= 4 is 11.6 Å². The second kappa shape index (κ2) is 6.49. The SMILES string of the molecule is CNc1cc(N2CCN(Cc3ccccn3)CC2)ncn1. The lowest BCUT2D eigenvalue weighted by Crippen LogP contribution is -2.46. The molecule has 0 spiro atoms. The fourth-order valence-corrected chi connectivity index (χ4v) is 2.51. The minimum atomic E-state index is 0.857. The van der Waals surface area contributed by atoms with E-state index in [1.54, 1.807) is 6.33 Å². The Bertz CT molecular complexity index is 565. The highest BCUT2D eigenvalue weighted by Crippen LogP contribution is 2.16. The molecule has 1 aliphatic heterocycles. The van der Waals surface area contributed by atoms with E-state index in [1.807, 2.05) is 31.4 Å². The van der Waals surface area contributed by atoms with Gasteiger partial charge in [0.25, 0.3) is 0 Å². The molecule has 21 heavy (non-hydrogen) atoms. The zero-order valence-corrected chi connectivity index (χ0v) is 12.2. The molecule has 0 amide bonds. The van der Waals surface area contributed by atoms with Crippen LogP contribution in [0.3, 0.4) is 0 Å². The van der Waals surface area contributed by atoms with Crippen LogP contribution in [0.25, 0.3) is 0 Å². The van der Waals surface area contributed by atoms with Crippen molar-refractivity contribution in [2.24, 2.45) is 0 Å². The number of piperazine rings is 1. The van der Waals surface area contributed by atoms with Crippen molar-refractivity contribution in [1.82, 2.24) is 19.9 Å². The summed E-state index contributed by atoms with van der Waals surface area (Å²) in [5.41, 5.74) is 1.13. The number of nitrogens with zero attached hydrogens (tertiary/aromatic N) is 5. The zero-order chi connectivity index (χ0) is 14.5. The molecule has 0 saturated carbocycles. The van der Waals surface area contributed by atoms with E-state index < -0.39 is 0 Å². The first-order valence-corrected chi connectivity index (χ1v) is 7.22. The number of pyridine rings is 1. The highest BCUT2D eigenvalue weighted by atomic mass is 15.3. The van der Waals surface area contributed by atoms with E-state index in [0.29, 0.717) is 0 Å². The summed E-state index contributed by atoms with van der Waals surface area (Å²) in [7, 11) is 1.87. The Morgan fingerprint density at radius 3 is 2.67 bits per heavy atom. The largest absolute Gasteiger partial charge is 0.373 e. The van der Waals surface area contributed by atoms with Gasteiger partial charge in [0.05, 0.1) is 5.69 Å². The molecule has 0 radical (unpaired) electrons.